The number of thiol groups is 1. The Balaban J connectivity index is 1.67. The number of fused-ring (bicyclic) bond motifs is 1. The number of likely N-dealkylation sites (tertiary alicyclic amines) is 1. The summed E-state index contributed by atoms with van der Waals surface area (Å²) in [7, 11) is -1.30. The molecule has 3 heterocycles. The number of carboxylic acid groups (broad SMARTS) is 1. The van der Waals surface area contributed by atoms with E-state index in [-0.39, 0.29) is 18.4 Å². The average Bonchev–Trinajstić information content (AvgIpc) is 3.36. The summed E-state index contributed by atoms with van der Waals surface area (Å²) in [5, 5.41) is 14.5. The number of carbonyl (C=O) groups is 2. The van der Waals surface area contributed by atoms with E-state index in [0.29, 0.717) is 62.0 Å². The largest absolute Gasteiger partial charge is 0.465 e. The van der Waals surface area contributed by atoms with E-state index in [4.69, 9.17) is 27.1 Å². The Kier molecular flexibility index (Phi) is 14.2. The number of hydrogen-bond donors (Lipinski definition) is 3. The standard InChI is InChI=1S/C37H55N5O5SSi/c1-7-10-13-26(8-2)24-47-31(43)18-17-28-14-11-16-30-32(35(48)42(34(28)30)25-46-20-21-49(4,5)6)33-27(9-3)22-38-36(40-33)39-29-15-12-19-41(23-29)37(44)45/h9,11,14,16,22,26,29,48H,3,7-8,10,12-13,15,17-21,23-25H2,1-2,4-6H3,(H,44,45)(H,38,39,40)/t26?,29-/m0/s1. The molecular weight excluding hydrogens is 655 g/mol. The van der Waals surface area contributed by atoms with Crippen molar-refractivity contribution in [3.8, 4) is 11.3 Å². The van der Waals surface area contributed by atoms with Gasteiger partial charge in [-0.1, -0.05) is 83.6 Å². The van der Waals surface area contributed by atoms with E-state index >= 15 is 0 Å². The Labute approximate surface area is 298 Å². The van der Waals surface area contributed by atoms with Crippen molar-refractivity contribution < 1.29 is 24.2 Å². The molecule has 2 aromatic heterocycles. The number of benzene rings is 1. The minimum absolute atomic E-state index is 0.102. The molecule has 2 N–H and O–H groups in total. The summed E-state index contributed by atoms with van der Waals surface area (Å²) in [5.74, 6) is 0.626. The second-order valence-corrected chi connectivity index (χ2v) is 20.3. The molecule has 268 valence electrons. The first kappa shape index (κ1) is 38.4. The van der Waals surface area contributed by atoms with Crippen LogP contribution in [-0.2, 0) is 27.4 Å². The Morgan fingerprint density at radius 2 is 2.06 bits per heavy atom. The van der Waals surface area contributed by atoms with Crippen LogP contribution in [0.2, 0.25) is 25.7 Å². The predicted octanol–water partition coefficient (Wildman–Crippen LogP) is 8.59. The van der Waals surface area contributed by atoms with Gasteiger partial charge < -0.3 is 29.4 Å². The minimum Gasteiger partial charge on any atom is -0.465 e. The van der Waals surface area contributed by atoms with E-state index in [1.54, 1.807) is 12.3 Å². The number of esters is 1. The van der Waals surface area contributed by atoms with Crippen molar-refractivity contribution in [1.29, 1.82) is 0 Å². The van der Waals surface area contributed by atoms with Gasteiger partial charge in [0.15, 0.2) is 0 Å². The lowest BCUT2D eigenvalue weighted by molar-refractivity contribution is -0.145. The van der Waals surface area contributed by atoms with Gasteiger partial charge in [-0.3, -0.25) is 4.79 Å². The molecule has 1 amide bonds. The van der Waals surface area contributed by atoms with Gasteiger partial charge in [-0.2, -0.15) is 0 Å². The van der Waals surface area contributed by atoms with Gasteiger partial charge in [-0.25, -0.2) is 14.8 Å². The summed E-state index contributed by atoms with van der Waals surface area (Å²) in [6, 6.07) is 7.05. The van der Waals surface area contributed by atoms with Crippen LogP contribution in [0.4, 0.5) is 10.7 Å². The zero-order chi connectivity index (χ0) is 35.6. The first-order chi connectivity index (χ1) is 23.4. The summed E-state index contributed by atoms with van der Waals surface area (Å²) in [4.78, 5) is 35.5. The van der Waals surface area contributed by atoms with Gasteiger partial charge in [0.25, 0.3) is 0 Å². The second kappa shape index (κ2) is 18.0. The van der Waals surface area contributed by atoms with E-state index in [1.807, 2.05) is 6.07 Å². The van der Waals surface area contributed by atoms with E-state index < -0.39 is 14.2 Å². The number of anilines is 1. The highest BCUT2D eigenvalue weighted by Gasteiger charge is 2.26. The fourth-order valence-corrected chi connectivity index (χ4v) is 7.39. The van der Waals surface area contributed by atoms with Gasteiger partial charge in [0.2, 0.25) is 5.95 Å². The monoisotopic (exact) mass is 709 g/mol. The third kappa shape index (κ3) is 10.6. The number of aromatic nitrogens is 3. The average molecular weight is 710 g/mol. The molecule has 10 nitrogen and oxygen atoms in total. The van der Waals surface area contributed by atoms with Gasteiger partial charge in [0.1, 0.15) is 6.73 Å². The molecule has 1 fully saturated rings. The molecule has 0 radical (unpaired) electrons. The van der Waals surface area contributed by atoms with E-state index in [9.17, 15) is 14.7 Å². The molecule has 12 heteroatoms. The molecule has 49 heavy (non-hydrogen) atoms. The molecule has 1 aliphatic heterocycles. The van der Waals surface area contributed by atoms with Crippen LogP contribution in [0.5, 0.6) is 0 Å². The third-order valence-electron chi connectivity index (χ3n) is 9.28. The summed E-state index contributed by atoms with van der Waals surface area (Å²) in [5.41, 5.74) is 4.20. The number of nitrogens with zero attached hydrogens (tertiary/aromatic N) is 4. The van der Waals surface area contributed by atoms with Crippen molar-refractivity contribution in [2.75, 3.05) is 31.6 Å². The van der Waals surface area contributed by atoms with Gasteiger partial charge in [0, 0.05) is 62.9 Å². The molecule has 3 aromatic rings. The number of carbonyl (C=O) groups excluding carboxylic acids is 1. The van der Waals surface area contributed by atoms with E-state index in [1.165, 1.54) is 4.90 Å². The highest BCUT2D eigenvalue weighted by Crippen LogP contribution is 2.40. The van der Waals surface area contributed by atoms with Crippen molar-refractivity contribution >= 4 is 55.7 Å². The Hall–Kier alpha value is -3.35. The SMILES string of the molecule is C=Cc1cnc(N[C@H]2CCCN(C(=O)O)C2)nc1-c1c(S)n(COCC[Si](C)(C)C)c2c(CCC(=O)OCC(CC)CCCC)cccc12. The number of rotatable bonds is 18. The zero-order valence-corrected chi connectivity index (χ0v) is 31.9. The topological polar surface area (TPSA) is 119 Å². The first-order valence-electron chi connectivity index (χ1n) is 17.8. The lowest BCUT2D eigenvalue weighted by atomic mass is 10.0. The number of hydrogen-bond acceptors (Lipinski definition) is 8. The van der Waals surface area contributed by atoms with Crippen LogP contribution in [0.3, 0.4) is 0 Å². The number of aryl methyl sites for hydroxylation is 1. The summed E-state index contributed by atoms with van der Waals surface area (Å²) in [6.45, 7) is 17.7. The molecular formula is C37H55N5O5SSi. The normalized spacial score (nSPS) is 15.7. The number of ether oxygens (including phenoxy) is 2. The second-order valence-electron chi connectivity index (χ2n) is 14.3. The number of nitrogens with one attached hydrogen (secondary N) is 1. The van der Waals surface area contributed by atoms with Gasteiger partial charge >= 0.3 is 12.1 Å². The highest BCUT2D eigenvalue weighted by molar-refractivity contribution is 7.80. The maximum absolute atomic E-state index is 12.9. The van der Waals surface area contributed by atoms with Crippen LogP contribution in [0.15, 0.2) is 36.0 Å². The predicted molar refractivity (Wildman–Crippen MR) is 203 cm³/mol. The molecule has 0 saturated carbocycles. The van der Waals surface area contributed by atoms with Crippen LogP contribution in [0, 0.1) is 5.92 Å². The quantitative estimate of drug-likeness (QED) is 0.0520. The summed E-state index contributed by atoms with van der Waals surface area (Å²) < 4.78 is 14.1. The van der Waals surface area contributed by atoms with E-state index in [2.05, 4.69) is 67.1 Å². The Bertz CT molecular complexity index is 1590. The van der Waals surface area contributed by atoms with Crippen molar-refractivity contribution in [2.24, 2.45) is 5.92 Å². The first-order valence-corrected chi connectivity index (χ1v) is 21.9. The van der Waals surface area contributed by atoms with Crippen molar-refractivity contribution in [1.82, 2.24) is 19.4 Å². The van der Waals surface area contributed by atoms with Crippen LogP contribution >= 0.6 is 12.6 Å². The van der Waals surface area contributed by atoms with Gasteiger partial charge in [0.05, 0.1) is 22.8 Å². The zero-order valence-electron chi connectivity index (χ0n) is 30.0. The summed E-state index contributed by atoms with van der Waals surface area (Å²) in [6.07, 6.45) is 9.28. The molecule has 0 spiro atoms. The maximum atomic E-state index is 12.9. The summed E-state index contributed by atoms with van der Waals surface area (Å²) >= 11 is 5.09. The number of unbranched alkanes of at least 4 members (excludes halogenated alkanes) is 1. The number of para-hydroxylation sites is 1. The van der Waals surface area contributed by atoms with Gasteiger partial charge in [-0.15, -0.1) is 12.6 Å². The maximum Gasteiger partial charge on any atom is 0.407 e. The molecule has 0 bridgehead atoms. The Morgan fingerprint density at radius 3 is 2.76 bits per heavy atom. The van der Waals surface area contributed by atoms with Crippen LogP contribution in [-0.4, -0.2) is 77.0 Å². The highest BCUT2D eigenvalue weighted by atomic mass is 32.1. The minimum atomic E-state index is -1.30. The number of piperidine rings is 1. The lowest BCUT2D eigenvalue weighted by Gasteiger charge is -2.31. The lowest BCUT2D eigenvalue weighted by Crippen LogP contribution is -2.44. The van der Waals surface area contributed by atoms with Crippen LogP contribution < -0.4 is 5.32 Å². The molecule has 1 saturated heterocycles. The van der Waals surface area contributed by atoms with Crippen molar-refractivity contribution in [3.63, 3.8) is 0 Å². The molecule has 1 aromatic carbocycles. The molecule has 2 atom stereocenters. The van der Waals surface area contributed by atoms with Crippen LogP contribution in [0.1, 0.15) is 69.9 Å². The molecule has 1 unspecified atom stereocenters. The number of amides is 1. The van der Waals surface area contributed by atoms with Crippen molar-refractivity contribution in [2.45, 2.75) is 109 Å². The molecule has 4 rings (SSSR count). The van der Waals surface area contributed by atoms with E-state index in [0.717, 1.165) is 72.2 Å². The van der Waals surface area contributed by atoms with Gasteiger partial charge in [-0.05, 0) is 43.2 Å². The smallest absolute Gasteiger partial charge is 0.407 e. The third-order valence-corrected chi connectivity index (χ3v) is 11.4. The molecule has 1 aliphatic rings. The molecule has 0 aliphatic carbocycles. The van der Waals surface area contributed by atoms with Crippen LogP contribution in [0.25, 0.3) is 28.2 Å². The van der Waals surface area contributed by atoms with Crippen molar-refractivity contribution in [3.05, 3.63) is 42.1 Å². The fourth-order valence-electron chi connectivity index (χ4n) is 6.25. The Morgan fingerprint density at radius 1 is 1.27 bits per heavy atom. The fraction of sp³-hybridized carbons (Fsp3) is 0.568.